The second-order valence-electron chi connectivity index (χ2n) is 3.55. The lowest BCUT2D eigenvalue weighted by Gasteiger charge is -2.32. The van der Waals surface area contributed by atoms with Crippen molar-refractivity contribution in [1.29, 1.82) is 0 Å². The molecule has 1 aromatic rings. The molecule has 92 valence electrons. The summed E-state index contributed by atoms with van der Waals surface area (Å²) in [5.41, 5.74) is 0.664. The Kier molecular flexibility index (Phi) is 6.15. The van der Waals surface area contributed by atoms with Gasteiger partial charge in [-0.1, -0.05) is 0 Å². The van der Waals surface area contributed by atoms with E-state index in [2.05, 4.69) is 10.3 Å². The van der Waals surface area contributed by atoms with E-state index in [1.165, 1.54) is 0 Å². The van der Waals surface area contributed by atoms with Crippen LogP contribution in [0.5, 0.6) is 0 Å². The van der Waals surface area contributed by atoms with E-state index in [4.69, 9.17) is 0 Å². The van der Waals surface area contributed by atoms with Gasteiger partial charge in [-0.15, -0.1) is 24.8 Å². The van der Waals surface area contributed by atoms with Crippen LogP contribution in [0.1, 0.15) is 17.9 Å². The molecule has 1 fully saturated rings. The first kappa shape index (κ1) is 15.6. The highest BCUT2D eigenvalue weighted by Crippen LogP contribution is 2.37. The Balaban J connectivity index is 0.00000112. The molecule has 0 aliphatic carbocycles. The third kappa shape index (κ3) is 3.27. The molecule has 0 saturated carbocycles. The van der Waals surface area contributed by atoms with Crippen LogP contribution < -0.4 is 5.32 Å². The predicted molar refractivity (Wildman–Crippen MR) is 63.9 cm³/mol. The number of nitrogens with zero attached hydrogens (tertiary/aromatic N) is 1. The average molecular weight is 271 g/mol. The van der Waals surface area contributed by atoms with Gasteiger partial charge < -0.3 is 5.32 Å². The van der Waals surface area contributed by atoms with Crippen LogP contribution >= 0.6 is 24.8 Å². The van der Waals surface area contributed by atoms with Gasteiger partial charge in [0.1, 0.15) is 0 Å². The molecule has 1 atom stereocenters. The number of halogens is 4. The minimum atomic E-state index is -2.59. The van der Waals surface area contributed by atoms with E-state index < -0.39 is 11.8 Å². The smallest absolute Gasteiger partial charge is 0.257 e. The topological polar surface area (TPSA) is 24.9 Å². The van der Waals surface area contributed by atoms with Crippen LogP contribution in [0.2, 0.25) is 0 Å². The van der Waals surface area contributed by atoms with Crippen molar-refractivity contribution in [3.8, 4) is 0 Å². The van der Waals surface area contributed by atoms with Gasteiger partial charge in [-0.3, -0.25) is 4.98 Å². The van der Waals surface area contributed by atoms with Gasteiger partial charge in [-0.05, 0) is 17.7 Å². The lowest BCUT2D eigenvalue weighted by Crippen LogP contribution is -2.42. The fraction of sp³-hybridized carbons (Fsp3) is 0.500. The summed E-state index contributed by atoms with van der Waals surface area (Å²) < 4.78 is 27.0. The highest BCUT2D eigenvalue weighted by Gasteiger charge is 2.42. The maximum absolute atomic E-state index is 13.5. The molecule has 1 N–H and O–H groups in total. The highest BCUT2D eigenvalue weighted by atomic mass is 35.5. The summed E-state index contributed by atoms with van der Waals surface area (Å²) in [5, 5.41) is 2.99. The molecule has 6 heteroatoms. The summed E-state index contributed by atoms with van der Waals surface area (Å²) in [4.78, 5) is 3.82. The lowest BCUT2D eigenvalue weighted by molar-refractivity contribution is -0.0479. The maximum Gasteiger partial charge on any atom is 0.257 e. The van der Waals surface area contributed by atoms with Crippen molar-refractivity contribution in [3.05, 3.63) is 30.1 Å². The molecular formula is C10H14Cl2F2N2. The molecule has 1 unspecified atom stereocenters. The molecule has 0 aromatic carbocycles. The minimum absolute atomic E-state index is 0. The number of pyridine rings is 1. The molecule has 0 bridgehead atoms. The van der Waals surface area contributed by atoms with Crippen molar-refractivity contribution in [2.75, 3.05) is 13.1 Å². The van der Waals surface area contributed by atoms with Crippen molar-refractivity contribution in [2.24, 2.45) is 0 Å². The van der Waals surface area contributed by atoms with Gasteiger partial charge in [0.15, 0.2) is 0 Å². The monoisotopic (exact) mass is 270 g/mol. The van der Waals surface area contributed by atoms with Crippen LogP contribution in [0.4, 0.5) is 8.78 Å². The van der Waals surface area contributed by atoms with Crippen molar-refractivity contribution in [2.45, 2.75) is 18.3 Å². The zero-order valence-corrected chi connectivity index (χ0v) is 10.2. The van der Waals surface area contributed by atoms with Gasteiger partial charge in [0, 0.05) is 31.9 Å². The summed E-state index contributed by atoms with van der Waals surface area (Å²) in [5.74, 6) is -3.30. The van der Waals surface area contributed by atoms with E-state index in [9.17, 15) is 8.78 Å². The number of piperidine rings is 1. The predicted octanol–water partition coefficient (Wildman–Crippen LogP) is 2.64. The molecule has 2 heterocycles. The Bertz CT molecular complexity index is 309. The third-order valence-corrected chi connectivity index (χ3v) is 2.60. The van der Waals surface area contributed by atoms with Crippen LogP contribution in [0.25, 0.3) is 0 Å². The van der Waals surface area contributed by atoms with E-state index in [1.54, 1.807) is 24.5 Å². The van der Waals surface area contributed by atoms with Crippen LogP contribution in [-0.4, -0.2) is 24.0 Å². The van der Waals surface area contributed by atoms with Gasteiger partial charge in [0.2, 0.25) is 0 Å². The first-order valence-corrected chi connectivity index (χ1v) is 4.68. The number of hydrogen-bond donors (Lipinski definition) is 1. The van der Waals surface area contributed by atoms with Gasteiger partial charge in [0.05, 0.1) is 5.92 Å². The largest absolute Gasteiger partial charge is 0.316 e. The van der Waals surface area contributed by atoms with Crippen molar-refractivity contribution < 1.29 is 8.78 Å². The Labute approximate surface area is 106 Å². The molecule has 0 radical (unpaired) electrons. The van der Waals surface area contributed by atoms with Crippen LogP contribution in [-0.2, 0) is 0 Å². The Morgan fingerprint density at radius 2 is 1.88 bits per heavy atom. The molecule has 0 spiro atoms. The van der Waals surface area contributed by atoms with Gasteiger partial charge >= 0.3 is 0 Å². The van der Waals surface area contributed by atoms with Gasteiger partial charge in [0.25, 0.3) is 5.92 Å². The van der Waals surface area contributed by atoms with E-state index in [-0.39, 0.29) is 31.2 Å². The zero-order valence-electron chi connectivity index (χ0n) is 8.53. The standard InChI is InChI=1S/C10H12F2N2.2ClH/c11-10(12)3-6-14-7-9(10)8-1-4-13-5-2-8;;/h1-2,4-5,9,14H,3,6-7H2;2*1H. The first-order valence-electron chi connectivity index (χ1n) is 4.68. The van der Waals surface area contributed by atoms with E-state index in [0.29, 0.717) is 18.7 Å². The summed E-state index contributed by atoms with van der Waals surface area (Å²) in [6.07, 6.45) is 3.03. The number of hydrogen-bond acceptors (Lipinski definition) is 2. The Morgan fingerprint density at radius 1 is 1.25 bits per heavy atom. The number of aromatic nitrogens is 1. The van der Waals surface area contributed by atoms with Crippen molar-refractivity contribution in [1.82, 2.24) is 10.3 Å². The number of nitrogens with one attached hydrogen (secondary N) is 1. The SMILES string of the molecule is Cl.Cl.FC1(F)CCNCC1c1ccncc1. The normalized spacial score (nSPS) is 22.8. The fourth-order valence-electron chi connectivity index (χ4n) is 1.78. The third-order valence-electron chi connectivity index (χ3n) is 2.60. The zero-order chi connectivity index (χ0) is 10.0. The molecule has 1 aromatic heterocycles. The first-order chi connectivity index (χ1) is 6.70. The minimum Gasteiger partial charge on any atom is -0.316 e. The van der Waals surface area contributed by atoms with Crippen LogP contribution in [0.15, 0.2) is 24.5 Å². The molecule has 16 heavy (non-hydrogen) atoms. The van der Waals surface area contributed by atoms with Crippen molar-refractivity contribution in [3.63, 3.8) is 0 Å². The molecule has 2 rings (SSSR count). The van der Waals surface area contributed by atoms with Crippen LogP contribution in [0, 0.1) is 0 Å². The van der Waals surface area contributed by atoms with E-state index >= 15 is 0 Å². The van der Waals surface area contributed by atoms with Crippen LogP contribution in [0.3, 0.4) is 0 Å². The molecule has 1 aliphatic rings. The molecule has 2 nitrogen and oxygen atoms in total. The number of rotatable bonds is 1. The van der Waals surface area contributed by atoms with Gasteiger partial charge in [-0.25, -0.2) is 8.78 Å². The van der Waals surface area contributed by atoms with E-state index in [0.717, 1.165) is 0 Å². The maximum atomic E-state index is 13.5. The van der Waals surface area contributed by atoms with Gasteiger partial charge in [-0.2, -0.15) is 0 Å². The number of alkyl halides is 2. The quantitative estimate of drug-likeness (QED) is 0.849. The molecule has 0 amide bonds. The fourth-order valence-corrected chi connectivity index (χ4v) is 1.78. The summed E-state index contributed by atoms with van der Waals surface area (Å²) in [6, 6.07) is 3.32. The Morgan fingerprint density at radius 3 is 2.44 bits per heavy atom. The summed E-state index contributed by atoms with van der Waals surface area (Å²) >= 11 is 0. The Hall–Kier alpha value is -0.450. The average Bonchev–Trinajstić information content (AvgIpc) is 2.18. The van der Waals surface area contributed by atoms with Crippen molar-refractivity contribution >= 4 is 24.8 Å². The molecular weight excluding hydrogens is 257 g/mol. The lowest BCUT2D eigenvalue weighted by atomic mass is 9.89. The highest BCUT2D eigenvalue weighted by molar-refractivity contribution is 5.85. The van der Waals surface area contributed by atoms with E-state index in [1.807, 2.05) is 0 Å². The second-order valence-corrected chi connectivity index (χ2v) is 3.55. The molecule has 1 aliphatic heterocycles. The summed E-state index contributed by atoms with van der Waals surface area (Å²) in [7, 11) is 0. The second kappa shape index (κ2) is 6.33. The summed E-state index contributed by atoms with van der Waals surface area (Å²) in [6.45, 7) is 0.742. The molecule has 1 saturated heterocycles.